The molecule has 0 spiro atoms. The molecule has 0 amide bonds. The molecular weight excluding hydrogens is 345 g/mol. The number of aromatic nitrogens is 4. The fourth-order valence-corrected chi connectivity index (χ4v) is 3.44. The van der Waals surface area contributed by atoms with Gasteiger partial charge in [-0.25, -0.2) is 9.67 Å². The summed E-state index contributed by atoms with van der Waals surface area (Å²) in [4.78, 5) is 3.92. The molecule has 0 unspecified atom stereocenters. The van der Waals surface area contributed by atoms with Crippen LogP contribution in [0.3, 0.4) is 0 Å². The number of rotatable bonds is 2. The van der Waals surface area contributed by atoms with Gasteiger partial charge in [0.05, 0.1) is 29.5 Å². The Hall–Kier alpha value is -2.61. The van der Waals surface area contributed by atoms with Crippen molar-refractivity contribution in [2.24, 2.45) is 0 Å². The Morgan fingerprint density at radius 1 is 1.15 bits per heavy atom. The Kier molecular flexibility index (Phi) is 3.52. The highest BCUT2D eigenvalue weighted by Crippen LogP contribution is 2.43. The number of imidazole rings is 1. The average molecular weight is 362 g/mol. The summed E-state index contributed by atoms with van der Waals surface area (Å²) in [5.74, 6) is -0.398. The van der Waals surface area contributed by atoms with Gasteiger partial charge >= 0.3 is 6.18 Å². The molecule has 8 heteroatoms. The number of para-hydroxylation sites is 1. The van der Waals surface area contributed by atoms with Gasteiger partial charge in [-0.3, -0.25) is 0 Å². The van der Waals surface area contributed by atoms with Crippen molar-refractivity contribution in [1.29, 1.82) is 0 Å². The minimum Gasteiger partial charge on any atom is -0.374 e. The van der Waals surface area contributed by atoms with Crippen LogP contribution >= 0.6 is 0 Å². The molecule has 0 radical (unpaired) electrons. The number of benzene rings is 1. The van der Waals surface area contributed by atoms with Crippen molar-refractivity contribution in [2.45, 2.75) is 38.1 Å². The number of halogens is 3. The van der Waals surface area contributed by atoms with E-state index in [0.29, 0.717) is 12.1 Å². The molecule has 2 atom stereocenters. The molecule has 2 aromatic heterocycles. The van der Waals surface area contributed by atoms with Gasteiger partial charge in [-0.15, -0.1) is 0 Å². The highest BCUT2D eigenvalue weighted by molar-refractivity contribution is 5.65. The van der Waals surface area contributed by atoms with Crippen LogP contribution < -0.4 is 0 Å². The summed E-state index contributed by atoms with van der Waals surface area (Å²) < 4.78 is 43.1. The minimum absolute atomic E-state index is 0.303. The second-order valence-corrected chi connectivity index (χ2v) is 6.71. The maximum Gasteiger partial charge on any atom is 0.424 e. The Bertz CT molecular complexity index is 957. The van der Waals surface area contributed by atoms with Gasteiger partial charge in [-0.2, -0.15) is 18.3 Å². The summed E-state index contributed by atoms with van der Waals surface area (Å²) in [6, 6.07) is 9.25. The molecule has 0 aliphatic carbocycles. The van der Waals surface area contributed by atoms with E-state index >= 15 is 0 Å². The number of hydrogen-bond acceptors (Lipinski definition) is 3. The van der Waals surface area contributed by atoms with Gasteiger partial charge in [0.2, 0.25) is 5.60 Å². The van der Waals surface area contributed by atoms with E-state index in [1.807, 2.05) is 37.3 Å². The third-order valence-corrected chi connectivity index (χ3v) is 4.86. The van der Waals surface area contributed by atoms with Crippen LogP contribution in [0.25, 0.3) is 16.9 Å². The summed E-state index contributed by atoms with van der Waals surface area (Å²) in [5.41, 5.74) is 0.0294. The van der Waals surface area contributed by atoms with Crippen LogP contribution in [0.15, 0.2) is 42.7 Å². The first-order chi connectivity index (χ1) is 12.2. The molecule has 1 aliphatic heterocycles. The maximum atomic E-state index is 13.3. The van der Waals surface area contributed by atoms with Crippen molar-refractivity contribution in [3.63, 3.8) is 0 Å². The van der Waals surface area contributed by atoms with E-state index in [-0.39, 0.29) is 6.04 Å². The molecule has 136 valence electrons. The van der Waals surface area contributed by atoms with Crippen molar-refractivity contribution < 1.29 is 18.3 Å². The third-order valence-electron chi connectivity index (χ3n) is 4.86. The first-order valence-electron chi connectivity index (χ1n) is 8.21. The van der Waals surface area contributed by atoms with Crippen LogP contribution in [0.5, 0.6) is 0 Å². The molecule has 0 fully saturated rings. The molecule has 0 saturated carbocycles. The number of fused-ring (bicyclic) bond motifs is 3. The van der Waals surface area contributed by atoms with Gasteiger partial charge in [0, 0.05) is 18.0 Å². The van der Waals surface area contributed by atoms with Gasteiger partial charge in [-0.05, 0) is 26.0 Å². The first-order valence-corrected chi connectivity index (χ1v) is 8.21. The van der Waals surface area contributed by atoms with Gasteiger partial charge in [0.25, 0.3) is 0 Å². The summed E-state index contributed by atoms with van der Waals surface area (Å²) in [5, 5.41) is 14.5. The topological polar surface area (TPSA) is 55.9 Å². The van der Waals surface area contributed by atoms with Gasteiger partial charge < -0.3 is 9.67 Å². The van der Waals surface area contributed by atoms with Gasteiger partial charge in [-0.1, -0.05) is 18.2 Å². The van der Waals surface area contributed by atoms with E-state index in [1.165, 1.54) is 10.8 Å². The van der Waals surface area contributed by atoms with Crippen molar-refractivity contribution >= 4 is 0 Å². The molecule has 3 aromatic rings. The van der Waals surface area contributed by atoms with Crippen molar-refractivity contribution in [1.82, 2.24) is 19.3 Å². The Balaban J connectivity index is 1.87. The van der Waals surface area contributed by atoms with E-state index < -0.39 is 17.6 Å². The Morgan fingerprint density at radius 2 is 1.85 bits per heavy atom. The highest BCUT2D eigenvalue weighted by atomic mass is 19.4. The second kappa shape index (κ2) is 5.44. The van der Waals surface area contributed by atoms with E-state index in [0.717, 1.165) is 23.9 Å². The van der Waals surface area contributed by atoms with Crippen molar-refractivity contribution in [2.75, 3.05) is 0 Å². The predicted octanol–water partition coefficient (Wildman–Crippen LogP) is 3.62. The molecule has 1 aliphatic rings. The summed E-state index contributed by atoms with van der Waals surface area (Å²) >= 11 is 0. The SMILES string of the molecule is C[C@H]1Cc2c(cnn2-c2ccccc2)-c2cnc([C@@](C)(O)C(F)(F)F)n21. The van der Waals surface area contributed by atoms with Crippen LogP contribution in [0.2, 0.25) is 0 Å². The van der Waals surface area contributed by atoms with E-state index in [4.69, 9.17) is 0 Å². The van der Waals surface area contributed by atoms with Crippen LogP contribution in [-0.2, 0) is 12.0 Å². The number of aliphatic hydroxyl groups is 1. The quantitative estimate of drug-likeness (QED) is 0.758. The zero-order chi connectivity index (χ0) is 18.7. The number of nitrogens with zero attached hydrogens (tertiary/aromatic N) is 4. The third kappa shape index (κ3) is 2.28. The monoisotopic (exact) mass is 362 g/mol. The zero-order valence-corrected chi connectivity index (χ0v) is 14.2. The molecule has 5 nitrogen and oxygen atoms in total. The first kappa shape index (κ1) is 16.8. The molecule has 0 saturated heterocycles. The lowest BCUT2D eigenvalue weighted by atomic mass is 9.99. The maximum absolute atomic E-state index is 13.3. The average Bonchev–Trinajstić information content (AvgIpc) is 3.19. The molecule has 3 heterocycles. The fraction of sp³-hybridized carbons (Fsp3) is 0.333. The summed E-state index contributed by atoms with van der Waals surface area (Å²) in [6.07, 6.45) is -1.33. The highest BCUT2D eigenvalue weighted by Gasteiger charge is 2.55. The normalized spacial score (nSPS) is 18.9. The fourth-order valence-electron chi connectivity index (χ4n) is 3.44. The molecule has 1 N–H and O–H groups in total. The Labute approximate surface area is 147 Å². The largest absolute Gasteiger partial charge is 0.424 e. The summed E-state index contributed by atoms with van der Waals surface area (Å²) in [7, 11) is 0. The van der Waals surface area contributed by atoms with Crippen LogP contribution in [0.4, 0.5) is 13.2 Å². The summed E-state index contributed by atoms with van der Waals surface area (Å²) in [6.45, 7) is 2.55. The van der Waals surface area contributed by atoms with E-state index in [1.54, 1.807) is 10.9 Å². The van der Waals surface area contributed by atoms with Gasteiger partial charge in [0.15, 0.2) is 5.82 Å². The standard InChI is InChI=1S/C18H17F3N4O/c1-11-8-14-13(9-23-25(14)12-6-4-3-5-7-12)15-10-22-16(24(11)15)17(2,26)18(19,20)21/h3-7,9-11,26H,8H2,1-2H3/t11-,17+/m0/s1. The second-order valence-electron chi connectivity index (χ2n) is 6.71. The van der Waals surface area contributed by atoms with Crippen molar-refractivity contribution in [3.8, 4) is 16.9 Å². The molecule has 0 bridgehead atoms. The van der Waals surface area contributed by atoms with Gasteiger partial charge in [0.1, 0.15) is 0 Å². The lowest BCUT2D eigenvalue weighted by molar-refractivity contribution is -0.262. The Morgan fingerprint density at radius 3 is 2.50 bits per heavy atom. The van der Waals surface area contributed by atoms with Crippen LogP contribution in [-0.4, -0.2) is 30.6 Å². The molecular formula is C18H17F3N4O. The minimum atomic E-state index is -4.82. The van der Waals surface area contributed by atoms with E-state index in [2.05, 4.69) is 10.1 Å². The van der Waals surface area contributed by atoms with Crippen LogP contribution in [0, 0.1) is 0 Å². The molecule has 4 rings (SSSR count). The number of hydrogen-bond donors (Lipinski definition) is 1. The number of alkyl halides is 3. The molecule has 1 aromatic carbocycles. The molecule has 26 heavy (non-hydrogen) atoms. The van der Waals surface area contributed by atoms with E-state index in [9.17, 15) is 18.3 Å². The zero-order valence-electron chi connectivity index (χ0n) is 14.2. The van der Waals surface area contributed by atoms with Crippen molar-refractivity contribution in [3.05, 3.63) is 54.2 Å². The predicted molar refractivity (Wildman–Crippen MR) is 88.8 cm³/mol. The van der Waals surface area contributed by atoms with Crippen LogP contribution in [0.1, 0.15) is 31.4 Å². The lowest BCUT2D eigenvalue weighted by Crippen LogP contribution is -2.42. The smallest absolute Gasteiger partial charge is 0.374 e. The lowest BCUT2D eigenvalue weighted by Gasteiger charge is -2.31.